The minimum Gasteiger partial charge on any atom is -0.378 e. The van der Waals surface area contributed by atoms with Crippen LogP contribution in [0.4, 0.5) is 5.69 Å². The normalized spacial score (nSPS) is 21.9. The molecule has 4 nitrogen and oxygen atoms in total. The minimum absolute atomic E-state index is 0.674. The molecule has 0 aromatic carbocycles. The molecule has 4 heteroatoms. The van der Waals surface area contributed by atoms with Crippen molar-refractivity contribution in [3.05, 3.63) is 24.0 Å². The van der Waals surface area contributed by atoms with Crippen molar-refractivity contribution in [2.45, 2.75) is 19.4 Å². The summed E-state index contributed by atoms with van der Waals surface area (Å²) in [5.74, 6) is 0. The highest BCUT2D eigenvalue weighted by Gasteiger charge is 2.28. The van der Waals surface area contributed by atoms with Crippen LogP contribution in [0, 0.1) is 0 Å². The van der Waals surface area contributed by atoms with Gasteiger partial charge in [0.05, 0.1) is 31.1 Å². The first-order valence-corrected chi connectivity index (χ1v) is 6.88. The fourth-order valence-corrected chi connectivity index (χ4v) is 2.59. The van der Waals surface area contributed by atoms with E-state index < -0.39 is 0 Å². The fourth-order valence-electron chi connectivity index (χ4n) is 2.59. The van der Waals surface area contributed by atoms with Gasteiger partial charge in [0.1, 0.15) is 0 Å². The van der Waals surface area contributed by atoms with E-state index in [-0.39, 0.29) is 0 Å². The van der Waals surface area contributed by atoms with E-state index in [9.17, 15) is 0 Å². The molecule has 0 spiro atoms. The molecule has 3 rings (SSSR count). The number of hydrogen-bond acceptors (Lipinski definition) is 4. The summed E-state index contributed by atoms with van der Waals surface area (Å²) in [6.07, 6.45) is 3.02. The number of rotatable bonds is 3. The molecule has 3 heterocycles. The third-order valence-electron chi connectivity index (χ3n) is 3.99. The van der Waals surface area contributed by atoms with Crippen LogP contribution in [0.5, 0.6) is 0 Å². The Morgan fingerprint density at radius 2 is 2.00 bits per heavy atom. The van der Waals surface area contributed by atoms with Gasteiger partial charge in [-0.15, -0.1) is 0 Å². The Bertz CT molecular complexity index is 381. The van der Waals surface area contributed by atoms with Crippen LogP contribution in [0.3, 0.4) is 0 Å². The summed E-state index contributed by atoms with van der Waals surface area (Å²) in [4.78, 5) is 9.46. The second-order valence-corrected chi connectivity index (χ2v) is 5.08. The van der Waals surface area contributed by atoms with Crippen LogP contribution in [0.2, 0.25) is 0 Å². The maximum absolute atomic E-state index is 5.26. The first kappa shape index (κ1) is 11.9. The lowest BCUT2D eigenvalue weighted by atomic mass is 10.1. The summed E-state index contributed by atoms with van der Waals surface area (Å²) in [6.45, 7) is 8.47. The first-order valence-electron chi connectivity index (χ1n) is 6.88. The molecular weight excluding hydrogens is 226 g/mol. The molecule has 98 valence electrons. The molecule has 2 aliphatic heterocycles. The number of ether oxygens (including phenoxy) is 1. The zero-order valence-electron chi connectivity index (χ0n) is 11.0. The van der Waals surface area contributed by atoms with E-state index in [1.807, 2.05) is 6.20 Å². The van der Waals surface area contributed by atoms with Gasteiger partial charge in [0, 0.05) is 31.9 Å². The lowest BCUT2D eigenvalue weighted by Crippen LogP contribution is -2.56. The fraction of sp³-hybridized carbons (Fsp3) is 0.643. The van der Waals surface area contributed by atoms with E-state index in [1.54, 1.807) is 0 Å². The van der Waals surface area contributed by atoms with E-state index in [0.717, 1.165) is 45.8 Å². The minimum atomic E-state index is 0.674. The standard InChI is InChI=1S/C14H21N3O/c1-2-12-3-4-13(9-15-12)16-5-7-17(8-6-16)14-10-18-11-14/h3-4,9,14H,2,5-8,10-11H2,1H3. The quantitative estimate of drug-likeness (QED) is 0.801. The Kier molecular flexibility index (Phi) is 3.48. The van der Waals surface area contributed by atoms with Gasteiger partial charge in [-0.3, -0.25) is 9.88 Å². The zero-order valence-corrected chi connectivity index (χ0v) is 11.0. The molecule has 0 aliphatic carbocycles. The van der Waals surface area contributed by atoms with Crippen LogP contribution < -0.4 is 4.90 Å². The number of nitrogens with zero attached hydrogens (tertiary/aromatic N) is 3. The van der Waals surface area contributed by atoms with Crippen molar-refractivity contribution in [1.29, 1.82) is 0 Å². The van der Waals surface area contributed by atoms with Gasteiger partial charge in [0.15, 0.2) is 0 Å². The number of aryl methyl sites for hydroxylation is 1. The molecule has 1 aromatic rings. The Balaban J connectivity index is 1.57. The van der Waals surface area contributed by atoms with Gasteiger partial charge < -0.3 is 9.64 Å². The molecule has 2 fully saturated rings. The Morgan fingerprint density at radius 1 is 1.22 bits per heavy atom. The number of anilines is 1. The van der Waals surface area contributed by atoms with Gasteiger partial charge in [-0.1, -0.05) is 6.92 Å². The average Bonchev–Trinajstić information content (AvgIpc) is 2.38. The second kappa shape index (κ2) is 5.24. The zero-order chi connectivity index (χ0) is 12.4. The average molecular weight is 247 g/mol. The smallest absolute Gasteiger partial charge is 0.0645 e. The summed E-state index contributed by atoms with van der Waals surface area (Å²) >= 11 is 0. The van der Waals surface area contributed by atoms with Crippen molar-refractivity contribution in [2.75, 3.05) is 44.3 Å². The summed E-state index contributed by atoms with van der Waals surface area (Å²) in [5.41, 5.74) is 2.43. The van der Waals surface area contributed by atoms with Gasteiger partial charge in [0.25, 0.3) is 0 Å². The highest BCUT2D eigenvalue weighted by molar-refractivity contribution is 5.45. The SMILES string of the molecule is CCc1ccc(N2CCN(C3COC3)CC2)cn1. The van der Waals surface area contributed by atoms with E-state index in [0.29, 0.717) is 6.04 Å². The molecule has 2 aliphatic rings. The summed E-state index contributed by atoms with van der Waals surface area (Å²) in [7, 11) is 0. The van der Waals surface area contributed by atoms with Crippen molar-refractivity contribution >= 4 is 5.69 Å². The number of pyridine rings is 1. The van der Waals surface area contributed by atoms with Crippen LogP contribution in [0.25, 0.3) is 0 Å². The van der Waals surface area contributed by atoms with E-state index in [4.69, 9.17) is 4.74 Å². The molecule has 0 radical (unpaired) electrons. The van der Waals surface area contributed by atoms with Gasteiger partial charge in [-0.25, -0.2) is 0 Å². The molecule has 0 atom stereocenters. The molecule has 0 amide bonds. The number of piperazine rings is 1. The molecule has 0 bridgehead atoms. The topological polar surface area (TPSA) is 28.6 Å². The van der Waals surface area contributed by atoms with Gasteiger partial charge in [-0.05, 0) is 18.6 Å². The highest BCUT2D eigenvalue weighted by atomic mass is 16.5. The third kappa shape index (κ3) is 2.35. The monoisotopic (exact) mass is 247 g/mol. The Morgan fingerprint density at radius 3 is 2.50 bits per heavy atom. The van der Waals surface area contributed by atoms with Crippen molar-refractivity contribution < 1.29 is 4.74 Å². The lowest BCUT2D eigenvalue weighted by molar-refractivity contribution is -0.0660. The highest BCUT2D eigenvalue weighted by Crippen LogP contribution is 2.18. The number of hydrogen-bond donors (Lipinski definition) is 0. The van der Waals surface area contributed by atoms with Crippen LogP contribution >= 0.6 is 0 Å². The lowest BCUT2D eigenvalue weighted by Gasteiger charge is -2.43. The van der Waals surface area contributed by atoms with Crippen LogP contribution in [0.15, 0.2) is 18.3 Å². The summed E-state index contributed by atoms with van der Waals surface area (Å²) < 4.78 is 5.26. The van der Waals surface area contributed by atoms with Crippen LogP contribution in [-0.4, -0.2) is 55.3 Å². The summed E-state index contributed by atoms with van der Waals surface area (Å²) in [6, 6.07) is 5.02. The second-order valence-electron chi connectivity index (χ2n) is 5.08. The Hall–Kier alpha value is -1.13. The predicted molar refractivity (Wildman–Crippen MR) is 72.0 cm³/mol. The van der Waals surface area contributed by atoms with Crippen LogP contribution in [0.1, 0.15) is 12.6 Å². The van der Waals surface area contributed by atoms with Gasteiger partial charge in [-0.2, -0.15) is 0 Å². The van der Waals surface area contributed by atoms with Crippen molar-refractivity contribution in [3.8, 4) is 0 Å². The van der Waals surface area contributed by atoms with Crippen molar-refractivity contribution in [1.82, 2.24) is 9.88 Å². The summed E-state index contributed by atoms with van der Waals surface area (Å²) in [5, 5.41) is 0. The molecule has 1 aromatic heterocycles. The third-order valence-corrected chi connectivity index (χ3v) is 3.99. The van der Waals surface area contributed by atoms with Crippen molar-refractivity contribution in [2.24, 2.45) is 0 Å². The van der Waals surface area contributed by atoms with E-state index in [2.05, 4.69) is 33.8 Å². The van der Waals surface area contributed by atoms with E-state index in [1.165, 1.54) is 11.4 Å². The molecule has 0 saturated carbocycles. The predicted octanol–water partition coefficient (Wildman–Crippen LogP) is 1.16. The van der Waals surface area contributed by atoms with Gasteiger partial charge >= 0.3 is 0 Å². The van der Waals surface area contributed by atoms with Gasteiger partial charge in [0.2, 0.25) is 0 Å². The largest absolute Gasteiger partial charge is 0.378 e. The molecule has 18 heavy (non-hydrogen) atoms. The van der Waals surface area contributed by atoms with Crippen molar-refractivity contribution in [3.63, 3.8) is 0 Å². The Labute approximate surface area is 109 Å². The maximum atomic E-state index is 5.26. The molecule has 0 unspecified atom stereocenters. The van der Waals surface area contributed by atoms with E-state index >= 15 is 0 Å². The number of aromatic nitrogens is 1. The molecule has 0 N–H and O–H groups in total. The van der Waals surface area contributed by atoms with Crippen LogP contribution in [-0.2, 0) is 11.2 Å². The molecular formula is C14H21N3O. The first-order chi connectivity index (χ1) is 8.86. The maximum Gasteiger partial charge on any atom is 0.0645 e. The molecule has 2 saturated heterocycles.